The Morgan fingerprint density at radius 2 is 1.96 bits per heavy atom. The number of aryl methyl sites for hydroxylation is 1. The molecule has 4 heteroatoms. The van der Waals surface area contributed by atoms with Gasteiger partial charge in [0.15, 0.2) is 0 Å². The number of hydrogen-bond donors (Lipinski definition) is 2. The van der Waals surface area contributed by atoms with Crippen LogP contribution in [0.25, 0.3) is 0 Å². The molecule has 0 saturated heterocycles. The van der Waals surface area contributed by atoms with Crippen LogP contribution in [0.3, 0.4) is 0 Å². The fourth-order valence-electron chi connectivity index (χ4n) is 3.96. The van der Waals surface area contributed by atoms with Gasteiger partial charge in [0.25, 0.3) is 0 Å². The fourth-order valence-corrected chi connectivity index (χ4v) is 4.18. The first kappa shape index (κ1) is 15.3. The van der Waals surface area contributed by atoms with Crippen LogP contribution >= 0.6 is 11.6 Å². The third-order valence-corrected chi connectivity index (χ3v) is 5.45. The molecule has 0 fully saturated rings. The van der Waals surface area contributed by atoms with Crippen molar-refractivity contribution in [2.45, 2.75) is 25.3 Å². The van der Waals surface area contributed by atoms with Crippen LogP contribution in [0.1, 0.15) is 45.4 Å². The van der Waals surface area contributed by atoms with Crippen LogP contribution in [0.4, 0.5) is 5.69 Å². The van der Waals surface area contributed by atoms with Crippen molar-refractivity contribution < 1.29 is 9.90 Å². The zero-order chi connectivity index (χ0) is 16.8. The van der Waals surface area contributed by atoms with Crippen molar-refractivity contribution in [2.75, 3.05) is 5.32 Å². The molecule has 122 valence electrons. The number of benzene rings is 2. The lowest BCUT2D eigenvalue weighted by atomic mass is 9.75. The molecule has 4 rings (SSSR count). The van der Waals surface area contributed by atoms with Gasteiger partial charge in [-0.2, -0.15) is 0 Å². The zero-order valence-corrected chi connectivity index (χ0v) is 14.0. The second-order valence-corrected chi connectivity index (χ2v) is 6.98. The molecular formula is C20H18ClNO2. The number of hydrogen-bond acceptors (Lipinski definition) is 2. The van der Waals surface area contributed by atoms with Gasteiger partial charge >= 0.3 is 5.97 Å². The number of carboxylic acid groups (broad SMARTS) is 1. The van der Waals surface area contributed by atoms with E-state index in [1.165, 1.54) is 11.1 Å². The molecule has 3 atom stereocenters. The lowest BCUT2D eigenvalue weighted by Crippen LogP contribution is -2.30. The van der Waals surface area contributed by atoms with E-state index >= 15 is 0 Å². The summed E-state index contributed by atoms with van der Waals surface area (Å²) in [5.74, 6) is -0.522. The maximum Gasteiger partial charge on any atom is 0.336 e. The van der Waals surface area contributed by atoms with Crippen LogP contribution in [0.15, 0.2) is 48.6 Å². The molecule has 1 heterocycles. The van der Waals surface area contributed by atoms with Gasteiger partial charge in [0.2, 0.25) is 0 Å². The second-order valence-electron chi connectivity index (χ2n) is 6.57. The number of anilines is 1. The van der Waals surface area contributed by atoms with Crippen LogP contribution in [-0.2, 0) is 0 Å². The normalized spacial score (nSPS) is 24.2. The Hall–Kier alpha value is -2.26. The summed E-state index contributed by atoms with van der Waals surface area (Å²) in [6.45, 7) is 2.07. The molecule has 2 aromatic carbocycles. The molecular weight excluding hydrogens is 322 g/mol. The van der Waals surface area contributed by atoms with E-state index in [1.807, 2.05) is 0 Å². The van der Waals surface area contributed by atoms with Gasteiger partial charge in [0, 0.05) is 5.92 Å². The maximum atomic E-state index is 11.7. The first-order valence-electron chi connectivity index (χ1n) is 8.11. The van der Waals surface area contributed by atoms with Gasteiger partial charge in [0.05, 0.1) is 22.3 Å². The number of aromatic carboxylic acids is 1. The summed E-state index contributed by atoms with van der Waals surface area (Å²) in [6, 6.07) is 11.9. The van der Waals surface area contributed by atoms with E-state index in [0.29, 0.717) is 16.5 Å². The van der Waals surface area contributed by atoms with Crippen molar-refractivity contribution in [1.82, 2.24) is 0 Å². The summed E-state index contributed by atoms with van der Waals surface area (Å²) in [6.07, 6.45) is 5.22. The SMILES string of the molecule is Cc1ccc([C@@H]2Nc3c(Cl)ccc(C(=O)O)c3[C@@H]3C=CC[C@H]32)cc1. The van der Waals surface area contributed by atoms with E-state index in [9.17, 15) is 9.90 Å². The first-order valence-corrected chi connectivity index (χ1v) is 8.49. The predicted octanol–water partition coefficient (Wildman–Crippen LogP) is 5.17. The summed E-state index contributed by atoms with van der Waals surface area (Å²) in [4.78, 5) is 11.7. The average molecular weight is 340 g/mol. The summed E-state index contributed by atoms with van der Waals surface area (Å²) in [5, 5.41) is 13.7. The number of halogens is 1. The van der Waals surface area contributed by atoms with Gasteiger partial charge in [-0.15, -0.1) is 0 Å². The molecule has 2 aromatic rings. The first-order chi connectivity index (χ1) is 11.6. The topological polar surface area (TPSA) is 49.3 Å². The molecule has 0 amide bonds. The molecule has 24 heavy (non-hydrogen) atoms. The Bertz CT molecular complexity index is 841. The number of nitrogens with one attached hydrogen (secondary N) is 1. The highest BCUT2D eigenvalue weighted by Crippen LogP contribution is 2.52. The highest BCUT2D eigenvalue weighted by molar-refractivity contribution is 6.33. The summed E-state index contributed by atoms with van der Waals surface area (Å²) in [5.41, 5.74) is 4.35. The lowest BCUT2D eigenvalue weighted by molar-refractivity contribution is 0.0695. The molecule has 0 spiro atoms. The highest BCUT2D eigenvalue weighted by Gasteiger charge is 2.40. The number of rotatable bonds is 2. The van der Waals surface area contributed by atoms with E-state index in [-0.39, 0.29) is 12.0 Å². The van der Waals surface area contributed by atoms with Crippen molar-refractivity contribution >= 4 is 23.3 Å². The smallest absolute Gasteiger partial charge is 0.336 e. The van der Waals surface area contributed by atoms with Gasteiger partial charge in [-0.05, 0) is 42.5 Å². The minimum absolute atomic E-state index is 0.0809. The van der Waals surface area contributed by atoms with Gasteiger partial charge in [-0.1, -0.05) is 53.6 Å². The average Bonchev–Trinajstić information content (AvgIpc) is 3.05. The third kappa shape index (κ3) is 2.31. The molecule has 0 radical (unpaired) electrons. The van der Waals surface area contributed by atoms with Crippen molar-refractivity contribution in [3.8, 4) is 0 Å². The Morgan fingerprint density at radius 3 is 2.67 bits per heavy atom. The molecule has 0 unspecified atom stereocenters. The standard InChI is InChI=1S/C20H18ClNO2/c1-11-5-7-12(8-6-11)18-14-4-2-3-13(14)17-15(20(23)24)9-10-16(21)19(17)22-18/h2-3,5-10,13-14,18,22H,4H2,1H3,(H,23,24)/t13-,14-,18+/m1/s1. The lowest BCUT2D eigenvalue weighted by Gasteiger charge is -2.38. The van der Waals surface area contributed by atoms with Crippen LogP contribution in [0, 0.1) is 12.8 Å². The van der Waals surface area contributed by atoms with Crippen LogP contribution in [0.5, 0.6) is 0 Å². The van der Waals surface area contributed by atoms with Gasteiger partial charge in [-0.3, -0.25) is 0 Å². The van der Waals surface area contributed by atoms with E-state index in [0.717, 1.165) is 17.7 Å². The highest BCUT2D eigenvalue weighted by atomic mass is 35.5. The van der Waals surface area contributed by atoms with E-state index in [4.69, 9.17) is 11.6 Å². The van der Waals surface area contributed by atoms with E-state index in [2.05, 4.69) is 48.7 Å². The van der Waals surface area contributed by atoms with Crippen LogP contribution < -0.4 is 5.32 Å². The van der Waals surface area contributed by atoms with E-state index in [1.54, 1.807) is 12.1 Å². The fraction of sp³-hybridized carbons (Fsp3) is 0.250. The number of carbonyl (C=O) groups is 1. The molecule has 3 nitrogen and oxygen atoms in total. The minimum atomic E-state index is -0.905. The van der Waals surface area contributed by atoms with Crippen molar-refractivity contribution in [3.63, 3.8) is 0 Å². The molecule has 2 aliphatic rings. The predicted molar refractivity (Wildman–Crippen MR) is 95.9 cm³/mol. The monoisotopic (exact) mass is 339 g/mol. The zero-order valence-electron chi connectivity index (χ0n) is 13.3. The largest absolute Gasteiger partial charge is 0.478 e. The van der Waals surface area contributed by atoms with Crippen molar-refractivity contribution in [1.29, 1.82) is 0 Å². The Labute approximate surface area is 146 Å². The molecule has 0 bridgehead atoms. The van der Waals surface area contributed by atoms with E-state index < -0.39 is 5.97 Å². The number of fused-ring (bicyclic) bond motifs is 3. The molecule has 1 aliphatic carbocycles. The molecule has 0 saturated carbocycles. The molecule has 1 aliphatic heterocycles. The maximum absolute atomic E-state index is 11.7. The van der Waals surface area contributed by atoms with Gasteiger partial charge < -0.3 is 10.4 Å². The molecule has 2 N–H and O–H groups in total. The second kappa shape index (κ2) is 5.67. The summed E-state index contributed by atoms with van der Waals surface area (Å²) in [7, 11) is 0. The van der Waals surface area contributed by atoms with Gasteiger partial charge in [-0.25, -0.2) is 4.79 Å². The Balaban J connectivity index is 1.86. The Kier molecular flexibility index (Phi) is 3.61. The van der Waals surface area contributed by atoms with Gasteiger partial charge in [0.1, 0.15) is 0 Å². The summed E-state index contributed by atoms with van der Waals surface area (Å²) >= 11 is 6.41. The number of allylic oxidation sites excluding steroid dienone is 2. The minimum Gasteiger partial charge on any atom is -0.478 e. The van der Waals surface area contributed by atoms with Crippen molar-refractivity contribution in [2.24, 2.45) is 5.92 Å². The third-order valence-electron chi connectivity index (χ3n) is 5.14. The number of carboxylic acids is 1. The Morgan fingerprint density at radius 1 is 1.21 bits per heavy atom. The summed E-state index contributed by atoms with van der Waals surface area (Å²) < 4.78 is 0. The quantitative estimate of drug-likeness (QED) is 0.742. The van der Waals surface area contributed by atoms with Crippen LogP contribution in [-0.4, -0.2) is 11.1 Å². The molecule has 0 aromatic heterocycles. The van der Waals surface area contributed by atoms with Crippen molar-refractivity contribution in [3.05, 3.63) is 75.8 Å². The van der Waals surface area contributed by atoms with Crippen LogP contribution in [0.2, 0.25) is 5.02 Å².